The van der Waals surface area contributed by atoms with E-state index in [1.54, 1.807) is 18.2 Å². The summed E-state index contributed by atoms with van der Waals surface area (Å²) in [6.07, 6.45) is -1.83. The van der Waals surface area contributed by atoms with E-state index in [1.165, 1.54) is 12.1 Å². The molecule has 2 N–H and O–H groups in total. The Balaban J connectivity index is 0.000000218. The Bertz CT molecular complexity index is 206. The summed E-state index contributed by atoms with van der Waals surface area (Å²) in [6, 6.07) is 7.94. The van der Waals surface area contributed by atoms with Crippen LogP contribution in [0.15, 0.2) is 30.3 Å². The fourth-order valence-corrected chi connectivity index (χ4v) is 0.415. The van der Waals surface area contributed by atoms with Crippen LogP contribution >= 0.6 is 0 Å². The lowest BCUT2D eigenvalue weighted by atomic mass is 10.4. The minimum Gasteiger partial charge on any atom is -0.450 e. The normalized spacial score (nSPS) is 7.73. The van der Waals surface area contributed by atoms with Gasteiger partial charge in [0.15, 0.2) is 0 Å². The van der Waals surface area contributed by atoms with Gasteiger partial charge in [-0.25, -0.2) is 9.18 Å². The van der Waals surface area contributed by atoms with Crippen molar-refractivity contribution in [1.82, 2.24) is 0 Å². The molecule has 1 rings (SSSR count). The summed E-state index contributed by atoms with van der Waals surface area (Å²) < 4.78 is 11.9. The van der Waals surface area contributed by atoms with Crippen molar-refractivity contribution in [2.45, 2.75) is 0 Å². The van der Waals surface area contributed by atoms with E-state index in [-0.39, 0.29) is 5.82 Å². The molecule has 0 atom stereocenters. The average molecular weight is 158 g/mol. The van der Waals surface area contributed by atoms with E-state index in [0.29, 0.717) is 0 Å². The highest BCUT2D eigenvalue weighted by atomic mass is 19.1. The van der Waals surface area contributed by atoms with E-state index in [0.717, 1.165) is 0 Å². The highest BCUT2D eigenvalue weighted by Gasteiger charge is 1.77. The maximum atomic E-state index is 11.9. The van der Waals surface area contributed by atoms with Crippen LogP contribution in [0.3, 0.4) is 0 Å². The highest BCUT2D eigenvalue weighted by Crippen LogP contribution is 1.91. The van der Waals surface area contributed by atoms with E-state index < -0.39 is 6.16 Å². The Kier molecular flexibility index (Phi) is 4.47. The van der Waals surface area contributed by atoms with Crippen LogP contribution in [0, 0.1) is 5.82 Å². The van der Waals surface area contributed by atoms with Gasteiger partial charge in [0.2, 0.25) is 0 Å². The summed E-state index contributed by atoms with van der Waals surface area (Å²) in [5.74, 6) is -0.178. The summed E-state index contributed by atoms with van der Waals surface area (Å²) in [7, 11) is 0. The second-order valence-corrected chi connectivity index (χ2v) is 1.58. The predicted molar refractivity (Wildman–Crippen MR) is 37.1 cm³/mol. The molecular formula is C7H7FO3. The van der Waals surface area contributed by atoms with E-state index in [9.17, 15) is 4.39 Å². The Morgan fingerprint density at radius 2 is 1.55 bits per heavy atom. The molecule has 4 heteroatoms. The molecule has 60 valence electrons. The number of hydrogen-bond acceptors (Lipinski definition) is 1. The number of carboxylic acid groups (broad SMARTS) is 2. The first kappa shape index (κ1) is 9.42. The van der Waals surface area contributed by atoms with E-state index >= 15 is 0 Å². The third kappa shape index (κ3) is 8.42. The molecule has 0 aromatic heterocycles. The molecule has 0 aliphatic carbocycles. The number of benzene rings is 1. The van der Waals surface area contributed by atoms with E-state index in [1.807, 2.05) is 0 Å². The molecule has 0 radical (unpaired) electrons. The minimum absolute atomic E-state index is 0.178. The molecule has 1 aromatic carbocycles. The van der Waals surface area contributed by atoms with Gasteiger partial charge in [-0.15, -0.1) is 0 Å². The number of carbonyl (C=O) groups is 1. The molecule has 0 aliphatic heterocycles. The quantitative estimate of drug-likeness (QED) is 0.607. The highest BCUT2D eigenvalue weighted by molar-refractivity contribution is 5.53. The van der Waals surface area contributed by atoms with Crippen molar-refractivity contribution in [3.8, 4) is 0 Å². The second kappa shape index (κ2) is 5.22. The van der Waals surface area contributed by atoms with Crippen molar-refractivity contribution in [2.75, 3.05) is 0 Å². The summed E-state index contributed by atoms with van der Waals surface area (Å²) in [5.41, 5.74) is 0. The maximum absolute atomic E-state index is 11.9. The topological polar surface area (TPSA) is 57.5 Å². The molecule has 0 heterocycles. The second-order valence-electron chi connectivity index (χ2n) is 1.58. The van der Waals surface area contributed by atoms with Gasteiger partial charge in [-0.1, -0.05) is 18.2 Å². The van der Waals surface area contributed by atoms with Gasteiger partial charge in [0.05, 0.1) is 0 Å². The van der Waals surface area contributed by atoms with Crippen LogP contribution in [0.4, 0.5) is 9.18 Å². The molecule has 0 bridgehead atoms. The van der Waals surface area contributed by atoms with Gasteiger partial charge < -0.3 is 10.2 Å². The van der Waals surface area contributed by atoms with Gasteiger partial charge in [-0.2, -0.15) is 0 Å². The van der Waals surface area contributed by atoms with Crippen LogP contribution in [-0.2, 0) is 0 Å². The third-order valence-corrected chi connectivity index (χ3v) is 0.733. The Morgan fingerprint density at radius 1 is 1.18 bits per heavy atom. The molecule has 0 aliphatic rings. The number of hydrogen-bond donors (Lipinski definition) is 2. The molecule has 11 heavy (non-hydrogen) atoms. The number of halogens is 1. The fraction of sp³-hybridized carbons (Fsp3) is 0. The molecule has 0 amide bonds. The van der Waals surface area contributed by atoms with Crippen LogP contribution in [0.2, 0.25) is 0 Å². The fourth-order valence-electron chi connectivity index (χ4n) is 0.415. The zero-order valence-electron chi connectivity index (χ0n) is 5.57. The Hall–Kier alpha value is -1.58. The van der Waals surface area contributed by atoms with Crippen LogP contribution in [0.25, 0.3) is 0 Å². The van der Waals surface area contributed by atoms with Gasteiger partial charge in [-0.05, 0) is 12.1 Å². The summed E-state index contributed by atoms with van der Waals surface area (Å²) >= 11 is 0. The zero-order chi connectivity index (χ0) is 8.69. The van der Waals surface area contributed by atoms with E-state index in [4.69, 9.17) is 15.0 Å². The van der Waals surface area contributed by atoms with Crippen LogP contribution in [-0.4, -0.2) is 16.4 Å². The van der Waals surface area contributed by atoms with Gasteiger partial charge in [0, 0.05) is 0 Å². The van der Waals surface area contributed by atoms with Gasteiger partial charge in [-0.3, -0.25) is 0 Å². The zero-order valence-corrected chi connectivity index (χ0v) is 5.57. The van der Waals surface area contributed by atoms with Crippen molar-refractivity contribution in [1.29, 1.82) is 0 Å². The Morgan fingerprint density at radius 3 is 1.73 bits per heavy atom. The van der Waals surface area contributed by atoms with Crippen molar-refractivity contribution in [3.63, 3.8) is 0 Å². The standard InChI is InChI=1S/C6H5F.CH2O3/c7-6-4-2-1-3-5-6;2-1(3)4/h1-5H;(H2,2,3,4). The molecule has 0 unspecified atom stereocenters. The summed E-state index contributed by atoms with van der Waals surface area (Å²) in [6.45, 7) is 0. The van der Waals surface area contributed by atoms with Crippen LogP contribution in [0.1, 0.15) is 0 Å². The first-order valence-electron chi connectivity index (χ1n) is 2.75. The monoisotopic (exact) mass is 158 g/mol. The smallest absolute Gasteiger partial charge is 0.450 e. The lowest BCUT2D eigenvalue weighted by Gasteiger charge is -1.78. The summed E-state index contributed by atoms with van der Waals surface area (Å²) in [5, 5.41) is 13.9. The molecule has 0 saturated carbocycles. The lowest BCUT2D eigenvalue weighted by molar-refractivity contribution is 0.137. The first-order chi connectivity index (χ1) is 5.13. The predicted octanol–water partition coefficient (Wildman–Crippen LogP) is 2.05. The van der Waals surface area contributed by atoms with Crippen molar-refractivity contribution < 1.29 is 19.4 Å². The SMILES string of the molecule is Fc1ccccc1.O=C(O)O. The van der Waals surface area contributed by atoms with Gasteiger partial charge in [0.1, 0.15) is 5.82 Å². The molecule has 0 saturated heterocycles. The third-order valence-electron chi connectivity index (χ3n) is 0.733. The van der Waals surface area contributed by atoms with Gasteiger partial charge >= 0.3 is 6.16 Å². The molecule has 1 aromatic rings. The molecule has 0 fully saturated rings. The number of rotatable bonds is 0. The van der Waals surface area contributed by atoms with Crippen molar-refractivity contribution >= 4 is 6.16 Å². The lowest BCUT2D eigenvalue weighted by Crippen LogP contribution is -1.81. The molecule has 3 nitrogen and oxygen atoms in total. The summed E-state index contributed by atoms with van der Waals surface area (Å²) in [4.78, 5) is 8.56. The molecular weight excluding hydrogens is 151 g/mol. The first-order valence-corrected chi connectivity index (χ1v) is 2.75. The maximum Gasteiger partial charge on any atom is 0.503 e. The minimum atomic E-state index is -1.83. The van der Waals surface area contributed by atoms with Crippen molar-refractivity contribution in [3.05, 3.63) is 36.1 Å². The Labute approximate surface area is 62.7 Å². The van der Waals surface area contributed by atoms with E-state index in [2.05, 4.69) is 0 Å². The van der Waals surface area contributed by atoms with Gasteiger partial charge in [0.25, 0.3) is 0 Å². The largest absolute Gasteiger partial charge is 0.503 e. The average Bonchev–Trinajstić information content (AvgIpc) is 1.87. The van der Waals surface area contributed by atoms with Crippen molar-refractivity contribution in [2.24, 2.45) is 0 Å². The molecule has 0 spiro atoms. The van der Waals surface area contributed by atoms with Crippen LogP contribution < -0.4 is 0 Å². The van der Waals surface area contributed by atoms with Crippen LogP contribution in [0.5, 0.6) is 0 Å².